The summed E-state index contributed by atoms with van der Waals surface area (Å²) >= 11 is 0. The second-order valence-electron chi connectivity index (χ2n) is 4.42. The lowest BCUT2D eigenvalue weighted by Gasteiger charge is -2.14. The van der Waals surface area contributed by atoms with Gasteiger partial charge in [0, 0.05) is 19.2 Å². The minimum Gasteiger partial charge on any atom is -0.313 e. The van der Waals surface area contributed by atoms with Crippen molar-refractivity contribution in [3.8, 4) is 0 Å². The maximum atomic E-state index is 12.0. The molecule has 1 saturated heterocycles. The number of carbonyl (C=O) groups excluding carboxylic acids is 1. The summed E-state index contributed by atoms with van der Waals surface area (Å²) in [5.41, 5.74) is 0.912. The monoisotopic (exact) mass is 222 g/mol. The van der Waals surface area contributed by atoms with Gasteiger partial charge in [0.25, 0.3) is 0 Å². The Bertz CT molecular complexity index is 399. The Hall–Kier alpha value is -1.36. The molecule has 0 aliphatic carbocycles. The smallest absolute Gasteiger partial charge is 0.230 e. The third-order valence-electron chi connectivity index (χ3n) is 3.12. The number of hydrogen-bond acceptors (Lipinski definition) is 3. The summed E-state index contributed by atoms with van der Waals surface area (Å²) in [5, 5.41) is 10.4. The molecule has 1 amide bonds. The van der Waals surface area contributed by atoms with Crippen molar-refractivity contribution >= 4 is 11.7 Å². The summed E-state index contributed by atoms with van der Waals surface area (Å²) in [6.45, 7) is 4.88. The number of nitrogens with one attached hydrogen (secondary N) is 2. The van der Waals surface area contributed by atoms with Crippen molar-refractivity contribution in [3.63, 3.8) is 0 Å². The number of rotatable bonds is 2. The molecule has 2 N–H and O–H groups in total. The first kappa shape index (κ1) is 11.1. The van der Waals surface area contributed by atoms with Gasteiger partial charge in [0.05, 0.1) is 11.6 Å². The Labute approximate surface area is 95.2 Å². The van der Waals surface area contributed by atoms with Crippen LogP contribution in [0.4, 0.5) is 5.82 Å². The van der Waals surface area contributed by atoms with Crippen LogP contribution < -0.4 is 10.6 Å². The first-order chi connectivity index (χ1) is 7.58. The van der Waals surface area contributed by atoms with Gasteiger partial charge in [-0.05, 0) is 26.8 Å². The van der Waals surface area contributed by atoms with Crippen LogP contribution in [-0.4, -0.2) is 28.3 Å². The third kappa shape index (κ3) is 2.09. The van der Waals surface area contributed by atoms with Gasteiger partial charge < -0.3 is 10.6 Å². The molecule has 2 heterocycles. The van der Waals surface area contributed by atoms with Crippen molar-refractivity contribution in [1.29, 1.82) is 0 Å². The van der Waals surface area contributed by atoms with Crippen LogP contribution in [0.25, 0.3) is 0 Å². The molecule has 0 spiro atoms. The maximum Gasteiger partial charge on any atom is 0.230 e. The zero-order valence-electron chi connectivity index (χ0n) is 9.95. The van der Waals surface area contributed by atoms with Crippen LogP contribution >= 0.6 is 0 Å². The summed E-state index contributed by atoms with van der Waals surface area (Å²) in [5.74, 6) is 0.914. The second-order valence-corrected chi connectivity index (χ2v) is 4.42. The number of aryl methyl sites for hydroxylation is 2. The molecule has 5 heteroatoms. The number of hydrogen-bond donors (Lipinski definition) is 2. The second kappa shape index (κ2) is 4.25. The number of nitrogens with zero attached hydrogens (tertiary/aromatic N) is 2. The van der Waals surface area contributed by atoms with E-state index in [2.05, 4.69) is 15.7 Å². The molecule has 1 fully saturated rings. The number of carbonyl (C=O) groups is 1. The molecule has 0 aromatic carbocycles. The van der Waals surface area contributed by atoms with Crippen LogP contribution in [0, 0.1) is 12.8 Å². The predicted octanol–water partition coefficient (Wildman–Crippen LogP) is 0.665. The van der Waals surface area contributed by atoms with E-state index in [9.17, 15) is 4.79 Å². The molecular weight excluding hydrogens is 204 g/mol. The van der Waals surface area contributed by atoms with E-state index in [0.717, 1.165) is 24.5 Å². The first-order valence-electron chi connectivity index (χ1n) is 5.63. The lowest BCUT2D eigenvalue weighted by molar-refractivity contribution is -0.120. The third-order valence-corrected chi connectivity index (χ3v) is 3.12. The summed E-state index contributed by atoms with van der Waals surface area (Å²) in [4.78, 5) is 12.0. The van der Waals surface area contributed by atoms with Crippen molar-refractivity contribution in [1.82, 2.24) is 15.1 Å². The molecular formula is C11H18N4O. The molecule has 1 aromatic rings. The van der Waals surface area contributed by atoms with Crippen LogP contribution in [0.3, 0.4) is 0 Å². The van der Waals surface area contributed by atoms with Gasteiger partial charge in [0.1, 0.15) is 5.82 Å². The van der Waals surface area contributed by atoms with E-state index in [4.69, 9.17) is 0 Å². The molecule has 2 unspecified atom stereocenters. The van der Waals surface area contributed by atoms with Gasteiger partial charge in [0.2, 0.25) is 5.91 Å². The van der Waals surface area contributed by atoms with E-state index in [1.54, 1.807) is 4.68 Å². The fraction of sp³-hybridized carbons (Fsp3) is 0.636. The number of aromatic nitrogens is 2. The zero-order valence-corrected chi connectivity index (χ0v) is 9.95. The van der Waals surface area contributed by atoms with Crippen molar-refractivity contribution in [3.05, 3.63) is 11.8 Å². The molecule has 5 nitrogen and oxygen atoms in total. The van der Waals surface area contributed by atoms with Gasteiger partial charge in [-0.3, -0.25) is 9.48 Å². The quantitative estimate of drug-likeness (QED) is 0.773. The largest absolute Gasteiger partial charge is 0.313 e. The Morgan fingerprint density at radius 1 is 1.69 bits per heavy atom. The van der Waals surface area contributed by atoms with Gasteiger partial charge in [-0.2, -0.15) is 5.10 Å². The normalized spacial score (nSPS) is 24.7. The Balaban J connectivity index is 2.04. The summed E-state index contributed by atoms with van der Waals surface area (Å²) in [6, 6.07) is 2.14. The highest BCUT2D eigenvalue weighted by atomic mass is 16.2. The van der Waals surface area contributed by atoms with Crippen LogP contribution in [0.1, 0.15) is 19.0 Å². The van der Waals surface area contributed by atoms with Crippen molar-refractivity contribution in [2.45, 2.75) is 26.3 Å². The fourth-order valence-corrected chi connectivity index (χ4v) is 2.16. The predicted molar refractivity (Wildman–Crippen MR) is 62.1 cm³/mol. The molecule has 2 atom stereocenters. The minimum absolute atomic E-state index is 0.0650. The SMILES string of the molecule is Cc1cc(NC(=O)C2CCNC2C)n(C)n1. The zero-order chi connectivity index (χ0) is 11.7. The summed E-state index contributed by atoms with van der Waals surface area (Å²) in [7, 11) is 1.83. The van der Waals surface area contributed by atoms with Crippen LogP contribution in [0.2, 0.25) is 0 Å². The van der Waals surface area contributed by atoms with Gasteiger partial charge in [-0.1, -0.05) is 0 Å². The Morgan fingerprint density at radius 3 is 2.94 bits per heavy atom. The average molecular weight is 222 g/mol. The van der Waals surface area contributed by atoms with Gasteiger partial charge in [0.15, 0.2) is 0 Å². The molecule has 16 heavy (non-hydrogen) atoms. The lowest BCUT2D eigenvalue weighted by atomic mass is 10.0. The van der Waals surface area contributed by atoms with Crippen molar-refractivity contribution < 1.29 is 4.79 Å². The molecule has 0 radical (unpaired) electrons. The highest BCUT2D eigenvalue weighted by molar-refractivity contribution is 5.92. The van der Waals surface area contributed by atoms with Crippen LogP contribution in [0.5, 0.6) is 0 Å². The van der Waals surface area contributed by atoms with E-state index in [1.165, 1.54) is 0 Å². The highest BCUT2D eigenvalue weighted by Crippen LogP contribution is 2.18. The van der Waals surface area contributed by atoms with E-state index in [1.807, 2.05) is 27.0 Å². The molecule has 1 aliphatic rings. The molecule has 1 aromatic heterocycles. The highest BCUT2D eigenvalue weighted by Gasteiger charge is 2.29. The number of amides is 1. The van der Waals surface area contributed by atoms with Crippen molar-refractivity contribution in [2.24, 2.45) is 13.0 Å². The fourth-order valence-electron chi connectivity index (χ4n) is 2.16. The lowest BCUT2D eigenvalue weighted by Crippen LogP contribution is -2.32. The van der Waals surface area contributed by atoms with Gasteiger partial charge >= 0.3 is 0 Å². The maximum absolute atomic E-state index is 12.0. The van der Waals surface area contributed by atoms with E-state index >= 15 is 0 Å². The molecule has 0 saturated carbocycles. The Morgan fingerprint density at radius 2 is 2.44 bits per heavy atom. The molecule has 0 bridgehead atoms. The van der Waals surface area contributed by atoms with Crippen LogP contribution in [-0.2, 0) is 11.8 Å². The van der Waals surface area contributed by atoms with Crippen LogP contribution in [0.15, 0.2) is 6.07 Å². The van der Waals surface area contributed by atoms with E-state index in [0.29, 0.717) is 0 Å². The topological polar surface area (TPSA) is 59.0 Å². The molecule has 1 aliphatic heterocycles. The molecule has 88 valence electrons. The standard InChI is InChI=1S/C11H18N4O/c1-7-6-10(15(3)14-7)13-11(16)9-4-5-12-8(9)2/h6,8-9,12H,4-5H2,1-3H3,(H,13,16). The first-order valence-corrected chi connectivity index (χ1v) is 5.63. The van der Waals surface area contributed by atoms with Crippen molar-refractivity contribution in [2.75, 3.05) is 11.9 Å². The minimum atomic E-state index is 0.0650. The average Bonchev–Trinajstić information content (AvgIpc) is 2.74. The van der Waals surface area contributed by atoms with E-state index in [-0.39, 0.29) is 17.9 Å². The van der Waals surface area contributed by atoms with Gasteiger partial charge in [-0.25, -0.2) is 0 Å². The number of anilines is 1. The Kier molecular flexibility index (Phi) is 2.96. The molecule has 2 rings (SSSR count). The summed E-state index contributed by atoms with van der Waals surface area (Å²) in [6.07, 6.45) is 0.907. The van der Waals surface area contributed by atoms with Gasteiger partial charge in [-0.15, -0.1) is 0 Å². The summed E-state index contributed by atoms with van der Waals surface area (Å²) < 4.78 is 1.69. The van der Waals surface area contributed by atoms with E-state index < -0.39 is 0 Å².